The number of rotatable bonds is 2. The van der Waals surface area contributed by atoms with Crippen molar-refractivity contribution in [1.82, 2.24) is 14.9 Å². The fourth-order valence-corrected chi connectivity index (χ4v) is 3.44. The van der Waals surface area contributed by atoms with Crippen molar-refractivity contribution >= 4 is 23.7 Å². The smallest absolute Gasteiger partial charge is 0.410 e. The summed E-state index contributed by atoms with van der Waals surface area (Å²) in [5.41, 5.74) is 5.31. The zero-order chi connectivity index (χ0) is 18.3. The molecular weight excluding hydrogens is 324 g/mol. The molecule has 0 atom stereocenters. The summed E-state index contributed by atoms with van der Waals surface area (Å²) in [5, 5.41) is 1.34. The van der Waals surface area contributed by atoms with Crippen LogP contribution in [0.4, 0.5) is 10.6 Å². The lowest BCUT2D eigenvalue weighted by atomic mass is 10.1. The Bertz CT molecular complexity index is 524. The van der Waals surface area contributed by atoms with Crippen LogP contribution in [-0.2, 0) is 4.74 Å². The van der Waals surface area contributed by atoms with Crippen LogP contribution in [0.15, 0.2) is 11.1 Å². The Kier molecular flexibility index (Phi) is 7.79. The van der Waals surface area contributed by atoms with E-state index in [-0.39, 0.29) is 7.52 Å². The molecule has 7 heteroatoms. The van der Waals surface area contributed by atoms with Crippen LogP contribution in [0, 0.1) is 6.92 Å². The van der Waals surface area contributed by atoms with E-state index < -0.39 is 5.60 Å². The summed E-state index contributed by atoms with van der Waals surface area (Å²) in [6.45, 7) is 12.9. The molecule has 0 spiro atoms. The van der Waals surface area contributed by atoms with Crippen molar-refractivity contribution in [2.45, 2.75) is 70.3 Å². The quantitative estimate of drug-likeness (QED) is 0.802. The average Bonchev–Trinajstić information content (AvgIpc) is 2.47. The maximum absolute atomic E-state index is 12.0. The van der Waals surface area contributed by atoms with Gasteiger partial charge in [-0.3, -0.25) is 0 Å². The van der Waals surface area contributed by atoms with Crippen LogP contribution in [0.2, 0.25) is 0 Å². The Morgan fingerprint density at radius 2 is 1.92 bits per heavy atom. The van der Waals surface area contributed by atoms with E-state index in [1.54, 1.807) is 22.7 Å². The summed E-state index contributed by atoms with van der Waals surface area (Å²) in [4.78, 5) is 22.3. The van der Waals surface area contributed by atoms with Gasteiger partial charge in [-0.25, -0.2) is 14.8 Å². The Balaban J connectivity index is 0.00000185. The number of anilines is 1. The molecule has 1 saturated heterocycles. The summed E-state index contributed by atoms with van der Waals surface area (Å²) in [7, 11) is 0. The lowest BCUT2D eigenvalue weighted by Gasteiger charge is -2.33. The molecule has 1 aromatic rings. The van der Waals surface area contributed by atoms with Gasteiger partial charge in [0.25, 0.3) is 0 Å². The number of thioether (sulfide) groups is 1. The largest absolute Gasteiger partial charge is 0.444 e. The highest BCUT2D eigenvalue weighted by atomic mass is 32.2. The van der Waals surface area contributed by atoms with Crippen LogP contribution in [-0.4, -0.2) is 44.9 Å². The molecule has 0 bridgehead atoms. The second-order valence-electron chi connectivity index (χ2n) is 6.46. The van der Waals surface area contributed by atoms with Gasteiger partial charge in [0.1, 0.15) is 22.3 Å². The second kappa shape index (κ2) is 9.11. The number of hydrogen-bond donors (Lipinski definition) is 1. The summed E-state index contributed by atoms with van der Waals surface area (Å²) in [6, 6.07) is 1.80. The Hall–Kier alpha value is -1.50. The zero-order valence-corrected chi connectivity index (χ0v) is 16.4. The van der Waals surface area contributed by atoms with E-state index in [4.69, 9.17) is 10.5 Å². The topological polar surface area (TPSA) is 81.3 Å². The lowest BCUT2D eigenvalue weighted by molar-refractivity contribution is 0.0219. The number of carbonyl (C=O) groups is 1. The molecule has 1 aliphatic rings. The van der Waals surface area contributed by atoms with Gasteiger partial charge < -0.3 is 15.4 Å². The van der Waals surface area contributed by atoms with Gasteiger partial charge in [-0.2, -0.15) is 0 Å². The van der Waals surface area contributed by atoms with Crippen LogP contribution >= 0.6 is 11.8 Å². The normalized spacial score (nSPS) is 15.5. The molecule has 1 fully saturated rings. The van der Waals surface area contributed by atoms with Crippen LogP contribution < -0.4 is 5.73 Å². The highest BCUT2D eigenvalue weighted by Crippen LogP contribution is 2.30. The van der Waals surface area contributed by atoms with Crippen molar-refractivity contribution in [1.29, 1.82) is 0 Å². The van der Waals surface area contributed by atoms with Crippen LogP contribution in [0.3, 0.4) is 0 Å². The summed E-state index contributed by atoms with van der Waals surface area (Å²) in [5.74, 6) is 1.19. The number of ether oxygens (including phenoxy) is 1. The minimum Gasteiger partial charge on any atom is -0.444 e. The predicted octanol–water partition coefficient (Wildman–Crippen LogP) is 4.13. The first-order chi connectivity index (χ1) is 11.2. The van der Waals surface area contributed by atoms with Gasteiger partial charge in [0, 0.05) is 25.8 Å². The van der Waals surface area contributed by atoms with Crippen LogP contribution in [0.5, 0.6) is 0 Å². The molecule has 0 radical (unpaired) electrons. The van der Waals surface area contributed by atoms with Gasteiger partial charge in [0.2, 0.25) is 0 Å². The first-order valence-electron chi connectivity index (χ1n) is 8.49. The Morgan fingerprint density at radius 1 is 1.33 bits per heavy atom. The SMILES string of the molecule is CC.Cc1nc(N)cc(SC2CCN(C(=O)OC(C)(C)C)CC2)n1.[HH]. The van der Waals surface area contributed by atoms with Gasteiger partial charge in [-0.15, -0.1) is 11.8 Å². The fourth-order valence-electron chi connectivity index (χ4n) is 2.28. The number of nitrogens with two attached hydrogens (primary N) is 1. The summed E-state index contributed by atoms with van der Waals surface area (Å²) >= 11 is 1.71. The molecule has 24 heavy (non-hydrogen) atoms. The lowest BCUT2D eigenvalue weighted by Crippen LogP contribution is -2.42. The van der Waals surface area contributed by atoms with Gasteiger partial charge in [0.15, 0.2) is 0 Å². The summed E-state index contributed by atoms with van der Waals surface area (Å²) in [6.07, 6.45) is 1.62. The minimum atomic E-state index is -0.446. The van der Waals surface area contributed by atoms with Gasteiger partial charge in [-0.05, 0) is 40.5 Å². The van der Waals surface area contributed by atoms with E-state index in [1.165, 1.54) is 0 Å². The molecule has 0 saturated carbocycles. The average molecular weight is 357 g/mol. The van der Waals surface area contributed by atoms with Crippen molar-refractivity contribution in [3.05, 3.63) is 11.9 Å². The van der Waals surface area contributed by atoms with Gasteiger partial charge in [0.05, 0.1) is 0 Å². The fraction of sp³-hybridized carbons (Fsp3) is 0.706. The van der Waals surface area contributed by atoms with Crippen molar-refractivity contribution < 1.29 is 11.0 Å². The van der Waals surface area contributed by atoms with Gasteiger partial charge >= 0.3 is 6.09 Å². The highest BCUT2D eigenvalue weighted by molar-refractivity contribution is 7.99. The van der Waals surface area contributed by atoms with Crippen molar-refractivity contribution in [2.24, 2.45) is 0 Å². The number of nitrogens with zero attached hydrogens (tertiary/aromatic N) is 3. The number of hydrogen-bond acceptors (Lipinski definition) is 6. The maximum Gasteiger partial charge on any atom is 0.410 e. The molecule has 1 aliphatic heterocycles. The molecule has 2 heterocycles. The van der Waals surface area contributed by atoms with E-state index in [9.17, 15) is 4.79 Å². The van der Waals surface area contributed by atoms with E-state index in [0.29, 0.717) is 30.0 Å². The van der Waals surface area contributed by atoms with Gasteiger partial charge in [-0.1, -0.05) is 13.8 Å². The second-order valence-corrected chi connectivity index (χ2v) is 7.78. The van der Waals surface area contributed by atoms with Crippen LogP contribution in [0.25, 0.3) is 0 Å². The number of likely N-dealkylation sites (tertiary alicyclic amines) is 1. The number of amides is 1. The molecule has 138 valence electrons. The van der Waals surface area contributed by atoms with E-state index in [0.717, 1.165) is 17.9 Å². The number of carbonyl (C=O) groups excluding carboxylic acids is 1. The Labute approximate surface area is 151 Å². The summed E-state index contributed by atoms with van der Waals surface area (Å²) < 4.78 is 5.41. The molecular formula is C17H32N4O2S. The van der Waals surface area contributed by atoms with E-state index in [1.807, 2.05) is 41.5 Å². The molecule has 1 aromatic heterocycles. The Morgan fingerprint density at radius 3 is 2.42 bits per heavy atom. The molecule has 6 nitrogen and oxygen atoms in total. The maximum atomic E-state index is 12.0. The third kappa shape index (κ3) is 6.95. The monoisotopic (exact) mass is 356 g/mol. The standard InChI is InChI=1S/C15H24N4O2S.C2H6.H2/c1-10-17-12(16)9-13(18-10)22-11-5-7-19(8-6-11)14(20)21-15(2,3)4;1-2;/h9,11H,5-8H2,1-4H3,(H2,16,17,18);1-2H3;1H. The van der Waals surface area contributed by atoms with E-state index >= 15 is 0 Å². The third-order valence-corrected chi connectivity index (χ3v) is 4.47. The predicted molar refractivity (Wildman–Crippen MR) is 101 cm³/mol. The molecule has 0 aromatic carbocycles. The first kappa shape index (κ1) is 20.5. The zero-order valence-electron chi connectivity index (χ0n) is 15.6. The van der Waals surface area contributed by atoms with Crippen molar-refractivity contribution in [2.75, 3.05) is 18.8 Å². The van der Waals surface area contributed by atoms with Crippen molar-refractivity contribution in [3.63, 3.8) is 0 Å². The highest BCUT2D eigenvalue weighted by Gasteiger charge is 2.27. The van der Waals surface area contributed by atoms with Crippen LogP contribution in [0.1, 0.15) is 54.7 Å². The van der Waals surface area contributed by atoms with Crippen molar-refractivity contribution in [3.8, 4) is 0 Å². The number of aromatic nitrogens is 2. The molecule has 0 aliphatic carbocycles. The molecule has 2 rings (SSSR count). The molecule has 0 unspecified atom stereocenters. The molecule has 2 N–H and O–H groups in total. The minimum absolute atomic E-state index is 0. The molecule has 1 amide bonds. The van der Waals surface area contributed by atoms with E-state index in [2.05, 4.69) is 9.97 Å². The first-order valence-corrected chi connectivity index (χ1v) is 9.36. The number of nitrogen functional groups attached to an aromatic ring is 1. The number of aryl methyl sites for hydroxylation is 1. The number of piperidine rings is 1. The third-order valence-electron chi connectivity index (χ3n) is 3.22.